The van der Waals surface area contributed by atoms with Crippen LogP contribution in [0, 0.1) is 13.8 Å². The fraction of sp³-hybridized carbons (Fsp3) is 0.278. The highest BCUT2D eigenvalue weighted by Gasteiger charge is 2.06. The Balaban J connectivity index is 1.73. The lowest BCUT2D eigenvalue weighted by molar-refractivity contribution is 0.0956. The zero-order valence-corrected chi connectivity index (χ0v) is 15.5. The molecule has 5 heteroatoms. The van der Waals surface area contributed by atoms with Gasteiger partial charge in [-0.3, -0.25) is 4.79 Å². The molecule has 0 heterocycles. The summed E-state index contributed by atoms with van der Waals surface area (Å²) in [6, 6.07) is 11.4. The second kappa shape index (κ2) is 8.62. The lowest BCUT2D eigenvalue weighted by Gasteiger charge is -2.07. The van der Waals surface area contributed by atoms with Crippen LogP contribution in [0.1, 0.15) is 27.0 Å². The molecule has 1 amide bonds. The molecule has 0 aliphatic carbocycles. The van der Waals surface area contributed by atoms with Crippen molar-refractivity contribution in [2.24, 2.45) is 0 Å². The molecule has 122 valence electrons. The molecule has 0 spiro atoms. The Labute approximate surface area is 151 Å². The molecule has 2 aromatic rings. The normalized spacial score (nSPS) is 10.6. The molecule has 23 heavy (non-hydrogen) atoms. The van der Waals surface area contributed by atoms with E-state index in [2.05, 4.69) is 5.32 Å². The second-order valence-electron chi connectivity index (χ2n) is 5.36. The van der Waals surface area contributed by atoms with Gasteiger partial charge in [0.2, 0.25) is 0 Å². The average molecular weight is 368 g/mol. The second-order valence-corrected chi connectivity index (χ2v) is 7.28. The van der Waals surface area contributed by atoms with Crippen molar-refractivity contribution in [3.8, 4) is 0 Å². The third-order valence-corrected chi connectivity index (χ3v) is 5.32. The van der Waals surface area contributed by atoms with Crippen LogP contribution in [-0.2, 0) is 5.75 Å². The summed E-state index contributed by atoms with van der Waals surface area (Å²) in [4.78, 5) is 12.1. The van der Waals surface area contributed by atoms with Crippen molar-refractivity contribution in [3.05, 3.63) is 68.7 Å². The monoisotopic (exact) mass is 367 g/mol. The van der Waals surface area contributed by atoms with Crippen molar-refractivity contribution >= 4 is 40.9 Å². The quantitative estimate of drug-likeness (QED) is 0.704. The van der Waals surface area contributed by atoms with E-state index >= 15 is 0 Å². The molecule has 0 bridgehead atoms. The Morgan fingerprint density at radius 3 is 2.52 bits per heavy atom. The van der Waals surface area contributed by atoms with Crippen LogP contribution in [0.15, 0.2) is 36.4 Å². The van der Waals surface area contributed by atoms with Crippen LogP contribution in [0.5, 0.6) is 0 Å². The molecule has 1 N–H and O–H groups in total. The van der Waals surface area contributed by atoms with Crippen LogP contribution in [0.2, 0.25) is 10.0 Å². The Morgan fingerprint density at radius 2 is 1.83 bits per heavy atom. The molecule has 0 saturated heterocycles. The molecule has 0 fully saturated rings. The highest BCUT2D eigenvalue weighted by Crippen LogP contribution is 2.24. The Bertz CT molecular complexity index is 703. The van der Waals surface area contributed by atoms with Gasteiger partial charge in [0.1, 0.15) is 0 Å². The molecule has 0 aromatic heterocycles. The van der Waals surface area contributed by atoms with Crippen molar-refractivity contribution in [2.75, 3.05) is 12.3 Å². The van der Waals surface area contributed by atoms with Gasteiger partial charge in [-0.2, -0.15) is 11.8 Å². The van der Waals surface area contributed by atoms with E-state index in [-0.39, 0.29) is 5.91 Å². The summed E-state index contributed by atoms with van der Waals surface area (Å²) >= 11 is 13.6. The van der Waals surface area contributed by atoms with E-state index in [0.29, 0.717) is 22.2 Å². The smallest absolute Gasteiger partial charge is 0.251 e. The fourth-order valence-corrected chi connectivity index (χ4v) is 3.17. The zero-order valence-electron chi connectivity index (χ0n) is 13.2. The van der Waals surface area contributed by atoms with Crippen LogP contribution in [0.3, 0.4) is 0 Å². The molecule has 2 aromatic carbocycles. The van der Waals surface area contributed by atoms with Crippen LogP contribution in [-0.4, -0.2) is 18.2 Å². The number of nitrogens with one attached hydrogen (secondary N) is 1. The molecule has 0 atom stereocenters. The van der Waals surface area contributed by atoms with E-state index in [0.717, 1.165) is 22.6 Å². The maximum absolute atomic E-state index is 12.1. The summed E-state index contributed by atoms with van der Waals surface area (Å²) in [6.45, 7) is 4.69. The molecule has 0 unspecified atom stereocenters. The number of carbonyl (C=O) groups excluding carboxylic acids is 1. The predicted molar refractivity (Wildman–Crippen MR) is 101 cm³/mol. The van der Waals surface area contributed by atoms with Crippen LogP contribution < -0.4 is 5.32 Å². The first-order chi connectivity index (χ1) is 11.0. The topological polar surface area (TPSA) is 29.1 Å². The van der Waals surface area contributed by atoms with Gasteiger partial charge in [0, 0.05) is 23.6 Å². The Morgan fingerprint density at radius 1 is 1.04 bits per heavy atom. The number of amides is 1. The average Bonchev–Trinajstić information content (AvgIpc) is 2.53. The maximum Gasteiger partial charge on any atom is 0.251 e. The molecular formula is C18H19Cl2NOS. The minimum absolute atomic E-state index is 0.0248. The first-order valence-electron chi connectivity index (χ1n) is 7.34. The standard InChI is InChI=1S/C18H19Cl2NOS/c1-12-3-5-15(9-13(12)2)18(22)21-7-8-23-11-14-4-6-16(19)17(20)10-14/h3-6,9-10H,7-8,11H2,1-2H3,(H,21,22). The van der Waals surface area contributed by atoms with Crippen molar-refractivity contribution in [1.29, 1.82) is 0 Å². The van der Waals surface area contributed by atoms with Crippen molar-refractivity contribution in [2.45, 2.75) is 19.6 Å². The summed E-state index contributed by atoms with van der Waals surface area (Å²) < 4.78 is 0. The number of benzene rings is 2. The van der Waals surface area contributed by atoms with Crippen molar-refractivity contribution in [1.82, 2.24) is 5.32 Å². The lowest BCUT2D eigenvalue weighted by Crippen LogP contribution is -2.25. The number of halogens is 2. The van der Waals surface area contributed by atoms with Crippen molar-refractivity contribution < 1.29 is 4.79 Å². The summed E-state index contributed by atoms with van der Waals surface area (Å²) in [6.07, 6.45) is 0. The molecule has 2 nitrogen and oxygen atoms in total. The number of thioether (sulfide) groups is 1. The van der Waals surface area contributed by atoms with Gasteiger partial charge in [0.25, 0.3) is 5.91 Å². The van der Waals surface area contributed by atoms with Crippen LogP contribution in [0.4, 0.5) is 0 Å². The van der Waals surface area contributed by atoms with Gasteiger partial charge in [-0.15, -0.1) is 0 Å². The first-order valence-corrected chi connectivity index (χ1v) is 9.25. The van der Waals surface area contributed by atoms with Gasteiger partial charge in [0.15, 0.2) is 0 Å². The fourth-order valence-electron chi connectivity index (χ4n) is 2.04. The SMILES string of the molecule is Cc1ccc(C(=O)NCCSCc2ccc(Cl)c(Cl)c2)cc1C. The third kappa shape index (κ3) is 5.45. The van der Waals surface area contributed by atoms with E-state index in [1.165, 1.54) is 5.56 Å². The van der Waals surface area contributed by atoms with Gasteiger partial charge in [-0.05, 0) is 54.8 Å². The van der Waals surface area contributed by atoms with Gasteiger partial charge in [-0.25, -0.2) is 0 Å². The van der Waals surface area contributed by atoms with E-state index in [9.17, 15) is 4.79 Å². The highest BCUT2D eigenvalue weighted by atomic mass is 35.5. The van der Waals surface area contributed by atoms with Crippen LogP contribution in [0.25, 0.3) is 0 Å². The van der Waals surface area contributed by atoms with Gasteiger partial charge >= 0.3 is 0 Å². The van der Waals surface area contributed by atoms with E-state index in [4.69, 9.17) is 23.2 Å². The number of hydrogen-bond acceptors (Lipinski definition) is 2. The first kappa shape index (κ1) is 18.2. The number of aryl methyl sites for hydroxylation is 2. The summed E-state index contributed by atoms with van der Waals surface area (Å²) in [5.74, 6) is 1.66. The number of rotatable bonds is 6. The molecule has 0 radical (unpaired) electrons. The van der Waals surface area contributed by atoms with E-state index in [1.807, 2.05) is 44.2 Å². The van der Waals surface area contributed by atoms with Gasteiger partial charge in [-0.1, -0.05) is 35.3 Å². The molecule has 2 rings (SSSR count). The Hall–Kier alpha value is -1.16. The predicted octanol–water partition coefficient (Wildman–Crippen LogP) is 5.27. The van der Waals surface area contributed by atoms with Crippen molar-refractivity contribution in [3.63, 3.8) is 0 Å². The third-order valence-electron chi connectivity index (χ3n) is 3.55. The highest BCUT2D eigenvalue weighted by molar-refractivity contribution is 7.98. The molecule has 0 aliphatic rings. The summed E-state index contributed by atoms with van der Waals surface area (Å²) in [5.41, 5.74) is 4.16. The maximum atomic E-state index is 12.1. The van der Waals surface area contributed by atoms with Gasteiger partial charge < -0.3 is 5.32 Å². The van der Waals surface area contributed by atoms with Gasteiger partial charge in [0.05, 0.1) is 10.0 Å². The minimum atomic E-state index is -0.0248. The van der Waals surface area contributed by atoms with E-state index in [1.54, 1.807) is 17.8 Å². The van der Waals surface area contributed by atoms with E-state index < -0.39 is 0 Å². The summed E-state index contributed by atoms with van der Waals surface area (Å²) in [5, 5.41) is 4.09. The summed E-state index contributed by atoms with van der Waals surface area (Å²) in [7, 11) is 0. The minimum Gasteiger partial charge on any atom is -0.351 e. The Kier molecular flexibility index (Phi) is 6.82. The molecule has 0 aliphatic heterocycles. The molecule has 0 saturated carbocycles. The molecular weight excluding hydrogens is 349 g/mol. The number of hydrogen-bond donors (Lipinski definition) is 1. The number of carbonyl (C=O) groups is 1. The zero-order chi connectivity index (χ0) is 16.8. The lowest BCUT2D eigenvalue weighted by atomic mass is 10.1. The largest absolute Gasteiger partial charge is 0.351 e. The van der Waals surface area contributed by atoms with Crippen LogP contribution >= 0.6 is 35.0 Å².